The molecule has 0 aliphatic carbocycles. The van der Waals surface area contributed by atoms with E-state index in [4.69, 9.17) is 5.73 Å². The molecule has 6 heteroatoms. The molecule has 0 saturated carbocycles. The van der Waals surface area contributed by atoms with Gasteiger partial charge < -0.3 is 10.6 Å². The van der Waals surface area contributed by atoms with Crippen LogP contribution in [0.15, 0.2) is 11.9 Å². The summed E-state index contributed by atoms with van der Waals surface area (Å²) in [5.74, 6) is 0.858. The number of likely N-dealkylation sites (N-methyl/N-ethyl adjacent to an activating group) is 1. The van der Waals surface area contributed by atoms with Crippen LogP contribution in [0.3, 0.4) is 0 Å². The maximum Gasteiger partial charge on any atom is 0.330 e. The first-order valence-corrected chi connectivity index (χ1v) is 4.01. The van der Waals surface area contributed by atoms with Gasteiger partial charge >= 0.3 is 6.03 Å². The molecule has 0 atom stereocenters. The standard InChI is InChI=1S/C7H15N5O/c1-11-4-3-6(12(2)5-11)9-10-7(8)13/h3,9H,4-5H2,1-2H3,(H3,8,10,13). The molecule has 74 valence electrons. The number of primary amides is 1. The van der Waals surface area contributed by atoms with E-state index in [1.54, 1.807) is 0 Å². The molecule has 0 spiro atoms. The molecule has 0 aromatic carbocycles. The number of nitrogens with zero attached hydrogens (tertiary/aromatic N) is 2. The minimum Gasteiger partial charge on any atom is -0.350 e. The van der Waals surface area contributed by atoms with Gasteiger partial charge in [-0.3, -0.25) is 15.8 Å². The lowest BCUT2D eigenvalue weighted by molar-refractivity contribution is 0.194. The Morgan fingerprint density at radius 3 is 2.85 bits per heavy atom. The molecule has 1 heterocycles. The number of carbonyl (C=O) groups excluding carboxylic acids is 1. The molecule has 0 radical (unpaired) electrons. The summed E-state index contributed by atoms with van der Waals surface area (Å²) in [5.41, 5.74) is 9.96. The number of nitrogens with one attached hydrogen (secondary N) is 2. The Morgan fingerprint density at radius 2 is 2.31 bits per heavy atom. The number of nitrogens with two attached hydrogens (primary N) is 1. The van der Waals surface area contributed by atoms with Crippen molar-refractivity contribution < 1.29 is 4.79 Å². The quantitative estimate of drug-likeness (QED) is 0.474. The van der Waals surface area contributed by atoms with E-state index in [0.717, 1.165) is 19.0 Å². The Labute approximate surface area is 77.3 Å². The van der Waals surface area contributed by atoms with Crippen LogP contribution in [0.1, 0.15) is 0 Å². The topological polar surface area (TPSA) is 73.6 Å². The Balaban J connectivity index is 2.44. The van der Waals surface area contributed by atoms with E-state index in [1.165, 1.54) is 0 Å². The van der Waals surface area contributed by atoms with E-state index in [-0.39, 0.29) is 0 Å². The number of carbonyl (C=O) groups is 1. The van der Waals surface area contributed by atoms with Crippen LogP contribution in [0.5, 0.6) is 0 Å². The van der Waals surface area contributed by atoms with Gasteiger partial charge in [-0.1, -0.05) is 0 Å². The average molecular weight is 185 g/mol. The Hall–Kier alpha value is -1.43. The lowest BCUT2D eigenvalue weighted by Gasteiger charge is -2.32. The first kappa shape index (κ1) is 9.66. The van der Waals surface area contributed by atoms with Gasteiger partial charge in [0.25, 0.3) is 0 Å². The van der Waals surface area contributed by atoms with Crippen LogP contribution in [-0.2, 0) is 0 Å². The molecule has 0 bridgehead atoms. The summed E-state index contributed by atoms with van der Waals surface area (Å²) in [7, 11) is 3.95. The molecule has 0 aromatic heterocycles. The van der Waals surface area contributed by atoms with Gasteiger partial charge in [-0.2, -0.15) is 0 Å². The second kappa shape index (κ2) is 3.99. The van der Waals surface area contributed by atoms with Crippen LogP contribution in [0.25, 0.3) is 0 Å². The molecule has 1 aliphatic heterocycles. The van der Waals surface area contributed by atoms with Crippen molar-refractivity contribution in [1.82, 2.24) is 20.7 Å². The second-order valence-electron chi connectivity index (χ2n) is 3.08. The minimum atomic E-state index is -0.590. The number of amides is 2. The molecule has 0 saturated heterocycles. The largest absolute Gasteiger partial charge is 0.350 e. The van der Waals surface area contributed by atoms with E-state index in [0.29, 0.717) is 0 Å². The summed E-state index contributed by atoms with van der Waals surface area (Å²) in [4.78, 5) is 14.5. The summed E-state index contributed by atoms with van der Waals surface area (Å²) in [6.45, 7) is 1.67. The number of rotatable bonds is 2. The highest BCUT2D eigenvalue weighted by Crippen LogP contribution is 2.03. The molecular formula is C7H15N5O. The molecule has 0 aromatic rings. The van der Waals surface area contributed by atoms with Crippen molar-refractivity contribution in [2.45, 2.75) is 0 Å². The van der Waals surface area contributed by atoms with Crippen LogP contribution >= 0.6 is 0 Å². The van der Waals surface area contributed by atoms with Crippen molar-refractivity contribution in [3.63, 3.8) is 0 Å². The highest BCUT2D eigenvalue weighted by atomic mass is 16.2. The van der Waals surface area contributed by atoms with E-state index in [2.05, 4.69) is 15.8 Å². The van der Waals surface area contributed by atoms with Gasteiger partial charge in [-0.15, -0.1) is 0 Å². The third-order valence-electron chi connectivity index (χ3n) is 1.77. The third-order valence-corrected chi connectivity index (χ3v) is 1.77. The summed E-state index contributed by atoms with van der Waals surface area (Å²) in [6, 6.07) is -0.590. The predicted molar refractivity (Wildman–Crippen MR) is 49.2 cm³/mol. The van der Waals surface area contributed by atoms with Crippen molar-refractivity contribution >= 4 is 6.03 Å². The van der Waals surface area contributed by atoms with Crippen molar-refractivity contribution in [2.24, 2.45) is 5.73 Å². The third kappa shape index (κ3) is 2.83. The zero-order valence-corrected chi connectivity index (χ0v) is 7.87. The number of urea groups is 1. The van der Waals surface area contributed by atoms with Crippen molar-refractivity contribution in [3.05, 3.63) is 11.9 Å². The van der Waals surface area contributed by atoms with E-state index in [1.807, 2.05) is 25.1 Å². The van der Waals surface area contributed by atoms with Crippen LogP contribution in [0.4, 0.5) is 4.79 Å². The fraction of sp³-hybridized carbons (Fsp3) is 0.571. The van der Waals surface area contributed by atoms with Gasteiger partial charge in [0.2, 0.25) is 0 Å². The molecule has 6 nitrogen and oxygen atoms in total. The SMILES string of the molecule is CN1CC=C(NNC(N)=O)N(C)C1. The van der Waals surface area contributed by atoms with E-state index in [9.17, 15) is 4.79 Å². The molecule has 2 amide bonds. The van der Waals surface area contributed by atoms with Crippen LogP contribution in [0.2, 0.25) is 0 Å². The van der Waals surface area contributed by atoms with Crippen molar-refractivity contribution in [2.75, 3.05) is 27.3 Å². The molecular weight excluding hydrogens is 170 g/mol. The number of hydrogen-bond acceptors (Lipinski definition) is 4. The van der Waals surface area contributed by atoms with Crippen molar-refractivity contribution in [1.29, 1.82) is 0 Å². The highest BCUT2D eigenvalue weighted by molar-refractivity contribution is 5.71. The lowest BCUT2D eigenvalue weighted by Crippen LogP contribution is -2.48. The average Bonchev–Trinajstić information content (AvgIpc) is 2.02. The molecule has 4 N–H and O–H groups in total. The van der Waals surface area contributed by atoms with Crippen LogP contribution in [-0.4, -0.2) is 43.1 Å². The van der Waals surface area contributed by atoms with Crippen molar-refractivity contribution in [3.8, 4) is 0 Å². The number of hydrogen-bond donors (Lipinski definition) is 3. The maximum atomic E-state index is 10.4. The second-order valence-corrected chi connectivity index (χ2v) is 3.08. The van der Waals surface area contributed by atoms with Gasteiger partial charge in [-0.25, -0.2) is 4.79 Å². The number of hydrazine groups is 1. The zero-order valence-electron chi connectivity index (χ0n) is 7.87. The Bertz CT molecular complexity index is 227. The first-order chi connectivity index (χ1) is 6.09. The predicted octanol–water partition coefficient (Wildman–Crippen LogP) is -1.16. The normalized spacial score (nSPS) is 18.0. The van der Waals surface area contributed by atoms with Gasteiger partial charge in [0.1, 0.15) is 5.82 Å². The van der Waals surface area contributed by atoms with Gasteiger partial charge in [0.15, 0.2) is 0 Å². The maximum absolute atomic E-state index is 10.4. The fourth-order valence-corrected chi connectivity index (χ4v) is 1.17. The summed E-state index contributed by atoms with van der Waals surface area (Å²) in [5, 5.41) is 0. The summed E-state index contributed by atoms with van der Waals surface area (Å²) in [6.07, 6.45) is 1.97. The van der Waals surface area contributed by atoms with Crippen LogP contribution in [0, 0.1) is 0 Å². The molecule has 13 heavy (non-hydrogen) atoms. The molecule has 0 unspecified atom stereocenters. The fourth-order valence-electron chi connectivity index (χ4n) is 1.17. The minimum absolute atomic E-state index is 0.590. The summed E-state index contributed by atoms with van der Waals surface area (Å²) >= 11 is 0. The molecule has 0 fully saturated rings. The zero-order chi connectivity index (χ0) is 9.84. The Kier molecular flexibility index (Phi) is 2.97. The van der Waals surface area contributed by atoms with Gasteiger partial charge in [0.05, 0.1) is 6.67 Å². The Morgan fingerprint density at radius 1 is 1.62 bits per heavy atom. The van der Waals surface area contributed by atoms with Gasteiger partial charge in [0, 0.05) is 13.6 Å². The van der Waals surface area contributed by atoms with E-state index >= 15 is 0 Å². The molecule has 1 aliphatic rings. The highest BCUT2D eigenvalue weighted by Gasteiger charge is 2.12. The summed E-state index contributed by atoms with van der Waals surface area (Å²) < 4.78 is 0. The first-order valence-electron chi connectivity index (χ1n) is 4.01. The van der Waals surface area contributed by atoms with Crippen LogP contribution < -0.4 is 16.6 Å². The van der Waals surface area contributed by atoms with E-state index < -0.39 is 6.03 Å². The lowest BCUT2D eigenvalue weighted by atomic mass is 10.4. The smallest absolute Gasteiger partial charge is 0.330 e. The molecule has 1 rings (SSSR count). The van der Waals surface area contributed by atoms with Gasteiger partial charge in [-0.05, 0) is 13.1 Å². The monoisotopic (exact) mass is 185 g/mol.